The molecule has 70 valence electrons. The Hall–Kier alpha value is -1.15. The van der Waals surface area contributed by atoms with Crippen molar-refractivity contribution in [3.05, 3.63) is 30.3 Å². The van der Waals surface area contributed by atoms with Gasteiger partial charge in [0.25, 0.3) is 0 Å². The molecule has 0 amide bonds. The first kappa shape index (κ1) is 9.93. The van der Waals surface area contributed by atoms with Crippen molar-refractivity contribution in [1.29, 1.82) is 0 Å². The zero-order valence-corrected chi connectivity index (χ0v) is 8.10. The van der Waals surface area contributed by atoms with Crippen LogP contribution in [0.4, 0.5) is 5.69 Å². The van der Waals surface area contributed by atoms with Crippen LogP contribution in [0.2, 0.25) is 0 Å². The second kappa shape index (κ2) is 5.49. The van der Waals surface area contributed by atoms with Crippen molar-refractivity contribution in [3.63, 3.8) is 0 Å². The van der Waals surface area contributed by atoms with Crippen LogP contribution in [0.3, 0.4) is 0 Å². The lowest BCUT2D eigenvalue weighted by Gasteiger charge is -2.05. The minimum absolute atomic E-state index is 0.125. The van der Waals surface area contributed by atoms with Gasteiger partial charge in [0, 0.05) is 13.3 Å². The van der Waals surface area contributed by atoms with Gasteiger partial charge >= 0.3 is 0 Å². The van der Waals surface area contributed by atoms with E-state index in [1.165, 1.54) is 0 Å². The van der Waals surface area contributed by atoms with Crippen molar-refractivity contribution in [3.8, 4) is 0 Å². The van der Waals surface area contributed by atoms with Crippen molar-refractivity contribution in [1.82, 2.24) is 0 Å². The SMILES string of the molecule is CCC(C=Nc1ccccc1)OC. The highest BCUT2D eigenvalue weighted by molar-refractivity contribution is 5.67. The van der Waals surface area contributed by atoms with E-state index in [-0.39, 0.29) is 6.10 Å². The smallest absolute Gasteiger partial charge is 0.0919 e. The van der Waals surface area contributed by atoms with Gasteiger partial charge < -0.3 is 4.74 Å². The molecule has 0 radical (unpaired) electrons. The Labute approximate surface area is 79.3 Å². The van der Waals surface area contributed by atoms with Crippen LogP contribution < -0.4 is 0 Å². The van der Waals surface area contributed by atoms with Gasteiger partial charge in [0.1, 0.15) is 0 Å². The van der Waals surface area contributed by atoms with Crippen molar-refractivity contribution < 1.29 is 4.74 Å². The molecule has 2 heteroatoms. The molecule has 1 unspecified atom stereocenters. The van der Waals surface area contributed by atoms with Gasteiger partial charge in [0.05, 0.1) is 11.8 Å². The Bertz CT molecular complexity index is 252. The summed E-state index contributed by atoms with van der Waals surface area (Å²) in [6, 6.07) is 9.87. The molecule has 0 spiro atoms. The molecule has 0 saturated heterocycles. The molecule has 0 heterocycles. The quantitative estimate of drug-likeness (QED) is 0.648. The van der Waals surface area contributed by atoms with Gasteiger partial charge in [-0.15, -0.1) is 0 Å². The molecule has 0 aliphatic carbocycles. The summed E-state index contributed by atoms with van der Waals surface area (Å²) in [5, 5.41) is 0. The Balaban J connectivity index is 2.57. The maximum Gasteiger partial charge on any atom is 0.0919 e. The van der Waals surface area contributed by atoms with Crippen LogP contribution >= 0.6 is 0 Å². The number of hydrogen-bond donors (Lipinski definition) is 0. The average Bonchev–Trinajstić information content (AvgIpc) is 2.21. The van der Waals surface area contributed by atoms with E-state index in [1.807, 2.05) is 36.5 Å². The number of nitrogens with zero attached hydrogens (tertiary/aromatic N) is 1. The van der Waals surface area contributed by atoms with E-state index in [0.717, 1.165) is 12.1 Å². The summed E-state index contributed by atoms with van der Waals surface area (Å²) >= 11 is 0. The highest BCUT2D eigenvalue weighted by atomic mass is 16.5. The van der Waals surface area contributed by atoms with E-state index >= 15 is 0 Å². The summed E-state index contributed by atoms with van der Waals surface area (Å²) in [6.07, 6.45) is 2.92. The number of aliphatic imine (C=N–C) groups is 1. The fraction of sp³-hybridized carbons (Fsp3) is 0.364. The van der Waals surface area contributed by atoms with Crippen LogP contribution in [0.5, 0.6) is 0 Å². The van der Waals surface area contributed by atoms with Crippen molar-refractivity contribution in [2.24, 2.45) is 4.99 Å². The molecule has 1 aromatic rings. The van der Waals surface area contributed by atoms with Crippen LogP contribution in [0.25, 0.3) is 0 Å². The Morgan fingerprint density at radius 1 is 1.38 bits per heavy atom. The van der Waals surface area contributed by atoms with Crippen LogP contribution in [-0.2, 0) is 4.74 Å². The molecule has 1 atom stereocenters. The monoisotopic (exact) mass is 177 g/mol. The van der Waals surface area contributed by atoms with E-state index in [4.69, 9.17) is 4.74 Å². The molecular formula is C11H15NO. The lowest BCUT2D eigenvalue weighted by Crippen LogP contribution is -2.09. The lowest BCUT2D eigenvalue weighted by molar-refractivity contribution is 0.156. The minimum atomic E-state index is 0.125. The van der Waals surface area contributed by atoms with E-state index < -0.39 is 0 Å². The van der Waals surface area contributed by atoms with Crippen LogP contribution in [-0.4, -0.2) is 19.4 Å². The molecule has 0 aromatic heterocycles. The van der Waals surface area contributed by atoms with Gasteiger partial charge in [0.2, 0.25) is 0 Å². The molecule has 13 heavy (non-hydrogen) atoms. The van der Waals surface area contributed by atoms with Crippen molar-refractivity contribution in [2.75, 3.05) is 7.11 Å². The summed E-state index contributed by atoms with van der Waals surface area (Å²) in [5.41, 5.74) is 0.970. The molecule has 1 rings (SSSR count). The van der Waals surface area contributed by atoms with Crippen molar-refractivity contribution >= 4 is 11.9 Å². The van der Waals surface area contributed by atoms with Gasteiger partial charge in [-0.25, -0.2) is 0 Å². The molecule has 0 bridgehead atoms. The predicted molar refractivity (Wildman–Crippen MR) is 55.7 cm³/mol. The largest absolute Gasteiger partial charge is 0.376 e. The third-order valence-electron chi connectivity index (χ3n) is 1.85. The second-order valence-electron chi connectivity index (χ2n) is 2.80. The number of ether oxygens (including phenoxy) is 1. The Morgan fingerprint density at radius 3 is 2.62 bits per heavy atom. The minimum Gasteiger partial charge on any atom is -0.376 e. The molecule has 1 aromatic carbocycles. The maximum atomic E-state index is 5.17. The zero-order valence-electron chi connectivity index (χ0n) is 8.10. The highest BCUT2D eigenvalue weighted by Gasteiger charge is 1.97. The Morgan fingerprint density at radius 2 is 2.08 bits per heavy atom. The predicted octanol–water partition coefficient (Wildman–Crippen LogP) is 2.81. The van der Waals surface area contributed by atoms with Crippen molar-refractivity contribution in [2.45, 2.75) is 19.4 Å². The molecule has 0 saturated carbocycles. The summed E-state index contributed by atoms with van der Waals surface area (Å²) in [5.74, 6) is 0. The average molecular weight is 177 g/mol. The number of para-hydroxylation sites is 1. The first-order valence-corrected chi connectivity index (χ1v) is 4.49. The van der Waals surface area contributed by atoms with Gasteiger partial charge in [-0.05, 0) is 18.6 Å². The molecule has 0 N–H and O–H groups in total. The zero-order chi connectivity index (χ0) is 9.52. The summed E-state index contributed by atoms with van der Waals surface area (Å²) < 4.78 is 5.17. The fourth-order valence-electron chi connectivity index (χ4n) is 1.02. The fourth-order valence-corrected chi connectivity index (χ4v) is 1.02. The summed E-state index contributed by atoms with van der Waals surface area (Å²) in [6.45, 7) is 2.07. The van der Waals surface area contributed by atoms with Crippen LogP contribution in [0.1, 0.15) is 13.3 Å². The van der Waals surface area contributed by atoms with Gasteiger partial charge in [0.15, 0.2) is 0 Å². The van der Waals surface area contributed by atoms with Crippen LogP contribution in [0.15, 0.2) is 35.3 Å². The van der Waals surface area contributed by atoms with Gasteiger partial charge in [-0.2, -0.15) is 0 Å². The normalized spacial score (nSPS) is 13.4. The van der Waals surface area contributed by atoms with Gasteiger partial charge in [-0.3, -0.25) is 4.99 Å². The molecule has 0 aliphatic rings. The maximum absolute atomic E-state index is 5.17. The third-order valence-corrected chi connectivity index (χ3v) is 1.85. The summed E-state index contributed by atoms with van der Waals surface area (Å²) in [7, 11) is 1.70. The standard InChI is InChI=1S/C11H15NO/c1-3-11(13-2)9-12-10-7-5-4-6-8-10/h4-9,11H,3H2,1-2H3. The number of methoxy groups -OCH3 is 1. The topological polar surface area (TPSA) is 21.6 Å². The number of hydrogen-bond acceptors (Lipinski definition) is 2. The van der Waals surface area contributed by atoms with E-state index in [2.05, 4.69) is 11.9 Å². The highest BCUT2D eigenvalue weighted by Crippen LogP contribution is 2.09. The lowest BCUT2D eigenvalue weighted by atomic mass is 10.3. The van der Waals surface area contributed by atoms with E-state index in [9.17, 15) is 0 Å². The van der Waals surface area contributed by atoms with Crippen LogP contribution in [0, 0.1) is 0 Å². The van der Waals surface area contributed by atoms with Gasteiger partial charge in [-0.1, -0.05) is 25.1 Å². The first-order valence-electron chi connectivity index (χ1n) is 4.49. The molecule has 0 aliphatic heterocycles. The Kier molecular flexibility index (Phi) is 4.19. The number of benzene rings is 1. The molecule has 2 nitrogen and oxygen atoms in total. The van der Waals surface area contributed by atoms with E-state index in [0.29, 0.717) is 0 Å². The first-order chi connectivity index (χ1) is 6.36. The molecule has 0 fully saturated rings. The second-order valence-corrected chi connectivity index (χ2v) is 2.80. The molecular weight excluding hydrogens is 162 g/mol. The summed E-state index contributed by atoms with van der Waals surface area (Å²) in [4.78, 5) is 4.30. The third kappa shape index (κ3) is 3.38. The van der Waals surface area contributed by atoms with E-state index in [1.54, 1.807) is 7.11 Å². The number of rotatable bonds is 4.